The number of aromatic nitrogens is 1. The Hall–Kier alpha value is -1.78. The maximum atomic E-state index is 11.9. The number of primary amides is 2. The molecule has 2 rings (SSSR count). The van der Waals surface area contributed by atoms with Crippen molar-refractivity contribution in [2.24, 2.45) is 11.5 Å². The molecule has 0 fully saturated rings. The van der Waals surface area contributed by atoms with Crippen LogP contribution in [-0.2, 0) is 9.59 Å². The number of thiazole rings is 1. The lowest BCUT2D eigenvalue weighted by Crippen LogP contribution is -2.52. The molecule has 0 unspecified atom stereocenters. The third-order valence-electron chi connectivity index (χ3n) is 2.36. The lowest BCUT2D eigenvalue weighted by Gasteiger charge is -2.10. The van der Waals surface area contributed by atoms with Gasteiger partial charge in [0.25, 0.3) is 5.91 Å². The molecule has 2 aromatic heterocycles. The van der Waals surface area contributed by atoms with Crippen molar-refractivity contribution in [1.29, 1.82) is 0 Å². The van der Waals surface area contributed by atoms with E-state index < -0.39 is 23.8 Å². The Morgan fingerprint density at radius 2 is 1.86 bits per heavy atom. The SMILES string of the molecule is NC(=O)C(NC(=O)c1csc(-c2cc(Br)cs2)n1)C(N)=O. The molecule has 7 nitrogen and oxygen atoms in total. The summed E-state index contributed by atoms with van der Waals surface area (Å²) < 4.78 is 0.922. The first-order chi connectivity index (χ1) is 9.88. The van der Waals surface area contributed by atoms with Gasteiger partial charge < -0.3 is 16.8 Å². The summed E-state index contributed by atoms with van der Waals surface area (Å²) in [6.07, 6.45) is 0. The van der Waals surface area contributed by atoms with Gasteiger partial charge in [0.1, 0.15) is 10.7 Å². The number of halogens is 1. The van der Waals surface area contributed by atoms with E-state index in [0.717, 1.165) is 9.35 Å². The minimum Gasteiger partial charge on any atom is -0.367 e. The van der Waals surface area contributed by atoms with Gasteiger partial charge in [0.05, 0.1) is 4.88 Å². The number of nitrogens with zero attached hydrogens (tertiary/aromatic N) is 1. The summed E-state index contributed by atoms with van der Waals surface area (Å²) in [5, 5.41) is 6.23. The van der Waals surface area contributed by atoms with Gasteiger partial charge in [-0.1, -0.05) is 0 Å². The van der Waals surface area contributed by atoms with Crippen LogP contribution in [0.4, 0.5) is 0 Å². The molecule has 0 radical (unpaired) electrons. The summed E-state index contributed by atoms with van der Waals surface area (Å²) in [6.45, 7) is 0. The number of hydrogen-bond donors (Lipinski definition) is 3. The first-order valence-corrected chi connectivity index (χ1v) is 8.03. The Bertz CT molecular complexity index is 698. The van der Waals surface area contributed by atoms with Gasteiger partial charge in [-0.2, -0.15) is 0 Å². The standard InChI is InChI=1S/C11H9BrN4O3S2/c12-4-1-6(20-2-4)11-15-5(3-21-11)10(19)16-7(8(13)17)9(14)18/h1-3,7H,(H2,13,17)(H2,14,18)(H,16,19). The zero-order chi connectivity index (χ0) is 15.6. The number of thiophene rings is 1. The third kappa shape index (κ3) is 3.65. The topological polar surface area (TPSA) is 128 Å². The molecular weight excluding hydrogens is 380 g/mol. The van der Waals surface area contributed by atoms with Gasteiger partial charge in [0, 0.05) is 15.2 Å². The first-order valence-electron chi connectivity index (χ1n) is 5.48. The molecule has 0 aliphatic heterocycles. The van der Waals surface area contributed by atoms with Crippen LogP contribution in [0.15, 0.2) is 21.3 Å². The highest BCUT2D eigenvalue weighted by Crippen LogP contribution is 2.31. The molecule has 0 atom stereocenters. The third-order valence-corrected chi connectivity index (χ3v) is 5.06. The highest BCUT2D eigenvalue weighted by Gasteiger charge is 2.25. The Morgan fingerprint density at radius 1 is 1.19 bits per heavy atom. The number of carbonyl (C=O) groups is 3. The minimum atomic E-state index is -1.56. The second-order valence-electron chi connectivity index (χ2n) is 3.88. The highest BCUT2D eigenvalue weighted by atomic mass is 79.9. The van der Waals surface area contributed by atoms with E-state index in [4.69, 9.17) is 11.5 Å². The highest BCUT2D eigenvalue weighted by molar-refractivity contribution is 9.10. The van der Waals surface area contributed by atoms with Gasteiger partial charge >= 0.3 is 0 Å². The second-order valence-corrected chi connectivity index (χ2v) is 6.56. The van der Waals surface area contributed by atoms with Crippen molar-refractivity contribution in [2.75, 3.05) is 0 Å². The summed E-state index contributed by atoms with van der Waals surface area (Å²) in [4.78, 5) is 39.0. The van der Waals surface area contributed by atoms with Gasteiger partial charge in [-0.15, -0.1) is 22.7 Å². The van der Waals surface area contributed by atoms with E-state index in [1.54, 1.807) is 0 Å². The van der Waals surface area contributed by atoms with Gasteiger partial charge in [0.15, 0.2) is 6.04 Å². The molecule has 110 valence electrons. The van der Waals surface area contributed by atoms with Gasteiger partial charge in [-0.05, 0) is 22.0 Å². The molecular formula is C11H9BrN4O3S2. The van der Waals surface area contributed by atoms with Crippen molar-refractivity contribution in [3.05, 3.63) is 27.0 Å². The van der Waals surface area contributed by atoms with Crippen LogP contribution in [-0.4, -0.2) is 28.7 Å². The lowest BCUT2D eigenvalue weighted by atomic mass is 10.2. The molecule has 0 saturated carbocycles. The van der Waals surface area contributed by atoms with Gasteiger partial charge in [-0.3, -0.25) is 14.4 Å². The number of nitrogens with two attached hydrogens (primary N) is 2. The molecule has 21 heavy (non-hydrogen) atoms. The Morgan fingerprint density at radius 3 is 2.38 bits per heavy atom. The molecule has 10 heteroatoms. The van der Waals surface area contributed by atoms with Crippen LogP contribution in [0, 0.1) is 0 Å². The molecule has 0 aliphatic carbocycles. The van der Waals surface area contributed by atoms with Crippen LogP contribution in [0.1, 0.15) is 10.5 Å². The molecule has 0 spiro atoms. The van der Waals surface area contributed by atoms with Crippen LogP contribution in [0.3, 0.4) is 0 Å². The monoisotopic (exact) mass is 388 g/mol. The number of amides is 3. The van der Waals surface area contributed by atoms with E-state index in [0.29, 0.717) is 5.01 Å². The summed E-state index contributed by atoms with van der Waals surface area (Å²) in [5.74, 6) is -2.72. The van der Waals surface area contributed by atoms with Gasteiger partial charge in [-0.25, -0.2) is 4.98 Å². The lowest BCUT2D eigenvalue weighted by molar-refractivity contribution is -0.128. The van der Waals surface area contributed by atoms with Crippen LogP contribution < -0.4 is 16.8 Å². The molecule has 0 saturated heterocycles. The Kier molecular flexibility index (Phi) is 4.70. The summed E-state index contributed by atoms with van der Waals surface area (Å²) in [7, 11) is 0. The number of hydrogen-bond acceptors (Lipinski definition) is 6. The largest absolute Gasteiger partial charge is 0.367 e. The molecule has 0 bridgehead atoms. The van der Waals surface area contributed by atoms with E-state index in [1.807, 2.05) is 11.4 Å². The molecule has 3 amide bonds. The average Bonchev–Trinajstić information content (AvgIpc) is 3.03. The maximum absolute atomic E-state index is 11.9. The first kappa shape index (κ1) is 15.6. The number of carbonyl (C=O) groups excluding carboxylic acids is 3. The summed E-state index contributed by atoms with van der Waals surface area (Å²) in [5.41, 5.74) is 10.1. The van der Waals surface area contributed by atoms with E-state index >= 15 is 0 Å². The fourth-order valence-corrected chi connectivity index (χ4v) is 3.71. The van der Waals surface area contributed by atoms with E-state index in [2.05, 4.69) is 26.2 Å². The van der Waals surface area contributed by atoms with Crippen molar-refractivity contribution in [3.63, 3.8) is 0 Å². The minimum absolute atomic E-state index is 0.0898. The summed E-state index contributed by atoms with van der Waals surface area (Å²) >= 11 is 6.08. The van der Waals surface area contributed by atoms with Crippen molar-refractivity contribution >= 4 is 56.3 Å². The zero-order valence-electron chi connectivity index (χ0n) is 10.3. The van der Waals surface area contributed by atoms with Crippen molar-refractivity contribution < 1.29 is 14.4 Å². The van der Waals surface area contributed by atoms with E-state index in [1.165, 1.54) is 28.1 Å². The van der Waals surface area contributed by atoms with E-state index in [9.17, 15) is 14.4 Å². The zero-order valence-corrected chi connectivity index (χ0v) is 13.5. The molecule has 5 N–H and O–H groups in total. The van der Waals surface area contributed by atoms with E-state index in [-0.39, 0.29) is 5.69 Å². The van der Waals surface area contributed by atoms with Crippen LogP contribution in [0.25, 0.3) is 9.88 Å². The van der Waals surface area contributed by atoms with Crippen LogP contribution >= 0.6 is 38.6 Å². The molecule has 2 heterocycles. The Labute approximate surface area is 135 Å². The Balaban J connectivity index is 2.15. The fraction of sp³-hybridized carbons (Fsp3) is 0.0909. The fourth-order valence-electron chi connectivity index (χ4n) is 1.40. The van der Waals surface area contributed by atoms with Crippen molar-refractivity contribution in [3.8, 4) is 9.88 Å². The molecule has 0 aromatic carbocycles. The molecule has 2 aromatic rings. The summed E-state index contributed by atoms with van der Waals surface area (Å²) in [6, 6.07) is 0.319. The quantitative estimate of drug-likeness (QED) is 0.651. The smallest absolute Gasteiger partial charge is 0.271 e. The van der Waals surface area contributed by atoms with Crippen LogP contribution in [0.5, 0.6) is 0 Å². The number of nitrogens with one attached hydrogen (secondary N) is 1. The van der Waals surface area contributed by atoms with Gasteiger partial charge in [0.2, 0.25) is 11.8 Å². The normalized spacial score (nSPS) is 10.6. The predicted octanol–water partition coefficient (Wildman–Crippen LogP) is 0.703. The van der Waals surface area contributed by atoms with Crippen molar-refractivity contribution in [1.82, 2.24) is 10.3 Å². The van der Waals surface area contributed by atoms with Crippen LogP contribution in [0.2, 0.25) is 0 Å². The number of rotatable bonds is 5. The molecule has 0 aliphatic rings. The predicted molar refractivity (Wildman–Crippen MR) is 82.8 cm³/mol. The average molecular weight is 389 g/mol. The maximum Gasteiger partial charge on any atom is 0.271 e. The van der Waals surface area contributed by atoms with Crippen molar-refractivity contribution in [2.45, 2.75) is 6.04 Å². The second kappa shape index (κ2) is 6.33.